The molecule has 8 heteroatoms. The average Bonchev–Trinajstić information content (AvgIpc) is 2.84. The summed E-state index contributed by atoms with van der Waals surface area (Å²) in [5.74, 6) is 1.05. The zero-order valence-corrected chi connectivity index (χ0v) is 15.7. The number of hydrogen-bond acceptors (Lipinski definition) is 5. The summed E-state index contributed by atoms with van der Waals surface area (Å²) in [5.41, 5.74) is 0.755. The zero-order chi connectivity index (χ0) is 15.4. The first-order chi connectivity index (χ1) is 10.7. The van der Waals surface area contributed by atoms with Crippen LogP contribution in [0, 0.1) is 0 Å². The summed E-state index contributed by atoms with van der Waals surface area (Å²) < 4.78 is 0. The van der Waals surface area contributed by atoms with Crippen LogP contribution in [-0.4, -0.2) is 80.1 Å². The molecule has 24 heavy (non-hydrogen) atoms. The second-order valence-electron chi connectivity index (χ2n) is 6.09. The SMILES string of the molecule is CN1CCN(c2cc(C(=O)N3CCCNCC3)ccn2)CC1.Cl.Cl. The van der Waals surface area contributed by atoms with E-state index in [2.05, 4.69) is 27.1 Å². The molecule has 0 unspecified atom stereocenters. The number of pyridine rings is 1. The van der Waals surface area contributed by atoms with Gasteiger partial charge < -0.3 is 20.0 Å². The Bertz CT molecular complexity index is 515. The molecule has 0 aliphatic carbocycles. The van der Waals surface area contributed by atoms with Crippen LogP contribution in [0.25, 0.3) is 0 Å². The molecule has 1 aromatic heterocycles. The molecule has 0 atom stereocenters. The van der Waals surface area contributed by atoms with E-state index in [1.54, 1.807) is 6.20 Å². The van der Waals surface area contributed by atoms with E-state index in [1.807, 2.05) is 17.0 Å². The van der Waals surface area contributed by atoms with Gasteiger partial charge in [-0.2, -0.15) is 0 Å². The van der Waals surface area contributed by atoms with Gasteiger partial charge in [0.1, 0.15) is 5.82 Å². The Hall–Kier alpha value is -1.08. The smallest absolute Gasteiger partial charge is 0.254 e. The highest BCUT2D eigenvalue weighted by Crippen LogP contribution is 2.16. The Morgan fingerprint density at radius 2 is 1.83 bits per heavy atom. The highest BCUT2D eigenvalue weighted by molar-refractivity contribution is 5.94. The van der Waals surface area contributed by atoms with Gasteiger partial charge in [-0.15, -0.1) is 24.8 Å². The molecular weight excluding hydrogens is 349 g/mol. The maximum absolute atomic E-state index is 12.7. The van der Waals surface area contributed by atoms with Crippen molar-refractivity contribution < 1.29 is 4.79 Å². The molecule has 1 N–H and O–H groups in total. The second kappa shape index (κ2) is 10.0. The standard InChI is InChI=1S/C16H25N5O.2ClH/c1-19-9-11-20(12-10-19)15-13-14(3-5-18-15)16(22)21-7-2-4-17-6-8-21;;/h3,5,13,17H,2,4,6-12H2,1H3;2*1H. The van der Waals surface area contributed by atoms with Crippen molar-refractivity contribution in [1.82, 2.24) is 20.1 Å². The molecular formula is C16H27Cl2N5O. The quantitative estimate of drug-likeness (QED) is 0.838. The predicted octanol–water partition coefficient (Wildman–Crippen LogP) is 1.11. The fourth-order valence-electron chi connectivity index (χ4n) is 2.99. The van der Waals surface area contributed by atoms with E-state index in [-0.39, 0.29) is 30.7 Å². The number of aromatic nitrogens is 1. The number of halogens is 2. The van der Waals surface area contributed by atoms with Crippen LogP contribution in [-0.2, 0) is 0 Å². The van der Waals surface area contributed by atoms with Gasteiger partial charge in [-0.1, -0.05) is 0 Å². The van der Waals surface area contributed by atoms with E-state index in [0.717, 1.165) is 70.2 Å². The third kappa shape index (κ3) is 5.21. The van der Waals surface area contributed by atoms with Crippen molar-refractivity contribution in [2.24, 2.45) is 0 Å². The van der Waals surface area contributed by atoms with Crippen LogP contribution >= 0.6 is 24.8 Å². The average molecular weight is 376 g/mol. The summed E-state index contributed by atoms with van der Waals surface area (Å²) in [6, 6.07) is 3.78. The van der Waals surface area contributed by atoms with E-state index in [1.165, 1.54) is 0 Å². The number of anilines is 1. The van der Waals surface area contributed by atoms with Gasteiger partial charge in [0.15, 0.2) is 0 Å². The number of carbonyl (C=O) groups excluding carboxylic acids is 1. The molecule has 0 spiro atoms. The van der Waals surface area contributed by atoms with E-state index in [0.29, 0.717) is 0 Å². The maximum Gasteiger partial charge on any atom is 0.254 e. The summed E-state index contributed by atoms with van der Waals surface area (Å²) in [5, 5.41) is 3.33. The van der Waals surface area contributed by atoms with Crippen LogP contribution in [0.2, 0.25) is 0 Å². The number of likely N-dealkylation sites (N-methyl/N-ethyl adjacent to an activating group) is 1. The molecule has 2 saturated heterocycles. The summed E-state index contributed by atoms with van der Waals surface area (Å²) in [6.45, 7) is 7.50. The second-order valence-corrected chi connectivity index (χ2v) is 6.09. The van der Waals surface area contributed by atoms with Crippen molar-refractivity contribution in [3.05, 3.63) is 23.9 Å². The third-order valence-corrected chi connectivity index (χ3v) is 4.45. The number of rotatable bonds is 2. The van der Waals surface area contributed by atoms with Crippen molar-refractivity contribution in [3.63, 3.8) is 0 Å². The Labute approximate surface area is 156 Å². The molecule has 2 aliphatic heterocycles. The van der Waals surface area contributed by atoms with Gasteiger partial charge >= 0.3 is 0 Å². The van der Waals surface area contributed by atoms with Gasteiger partial charge in [0.2, 0.25) is 0 Å². The molecule has 0 bridgehead atoms. The monoisotopic (exact) mass is 375 g/mol. The number of nitrogens with one attached hydrogen (secondary N) is 1. The molecule has 3 heterocycles. The Morgan fingerprint density at radius 1 is 1.08 bits per heavy atom. The molecule has 2 aliphatic rings. The lowest BCUT2D eigenvalue weighted by atomic mass is 10.2. The van der Waals surface area contributed by atoms with E-state index in [9.17, 15) is 4.79 Å². The molecule has 1 amide bonds. The van der Waals surface area contributed by atoms with Gasteiger partial charge in [-0.3, -0.25) is 4.79 Å². The highest BCUT2D eigenvalue weighted by Gasteiger charge is 2.20. The minimum atomic E-state index is 0. The highest BCUT2D eigenvalue weighted by atomic mass is 35.5. The molecule has 0 aromatic carbocycles. The van der Waals surface area contributed by atoms with Crippen molar-refractivity contribution >= 4 is 36.5 Å². The number of nitrogens with zero attached hydrogens (tertiary/aromatic N) is 4. The Kier molecular flexibility index (Phi) is 8.76. The summed E-state index contributed by atoms with van der Waals surface area (Å²) in [7, 11) is 2.14. The van der Waals surface area contributed by atoms with Gasteiger partial charge in [0.25, 0.3) is 5.91 Å². The predicted molar refractivity (Wildman–Crippen MR) is 102 cm³/mol. The molecule has 136 valence electrons. The van der Waals surface area contributed by atoms with Gasteiger partial charge in [0, 0.05) is 57.6 Å². The van der Waals surface area contributed by atoms with Crippen LogP contribution in [0.1, 0.15) is 16.8 Å². The van der Waals surface area contributed by atoms with Crippen molar-refractivity contribution in [1.29, 1.82) is 0 Å². The Morgan fingerprint density at radius 3 is 2.58 bits per heavy atom. The van der Waals surface area contributed by atoms with Crippen LogP contribution in [0.4, 0.5) is 5.82 Å². The van der Waals surface area contributed by atoms with E-state index in [4.69, 9.17) is 0 Å². The first-order valence-corrected chi connectivity index (χ1v) is 8.13. The molecule has 2 fully saturated rings. The normalized spacial score (nSPS) is 19.0. The van der Waals surface area contributed by atoms with Crippen LogP contribution in [0.15, 0.2) is 18.3 Å². The minimum absolute atomic E-state index is 0. The molecule has 0 radical (unpaired) electrons. The Balaban J connectivity index is 0.00000144. The van der Waals surface area contributed by atoms with Crippen molar-refractivity contribution in [3.8, 4) is 0 Å². The van der Waals surface area contributed by atoms with Crippen LogP contribution < -0.4 is 10.2 Å². The summed E-state index contributed by atoms with van der Waals surface area (Å²) >= 11 is 0. The minimum Gasteiger partial charge on any atom is -0.354 e. The topological polar surface area (TPSA) is 51.7 Å². The van der Waals surface area contributed by atoms with Crippen LogP contribution in [0.5, 0.6) is 0 Å². The number of amides is 1. The van der Waals surface area contributed by atoms with Gasteiger partial charge in [-0.05, 0) is 32.1 Å². The third-order valence-electron chi connectivity index (χ3n) is 4.45. The lowest BCUT2D eigenvalue weighted by Crippen LogP contribution is -2.45. The number of piperazine rings is 1. The lowest BCUT2D eigenvalue weighted by Gasteiger charge is -2.33. The zero-order valence-electron chi connectivity index (χ0n) is 14.1. The van der Waals surface area contributed by atoms with Gasteiger partial charge in [-0.25, -0.2) is 4.98 Å². The van der Waals surface area contributed by atoms with Crippen molar-refractivity contribution in [2.75, 3.05) is 64.3 Å². The fraction of sp³-hybridized carbons (Fsp3) is 0.625. The van der Waals surface area contributed by atoms with Crippen LogP contribution in [0.3, 0.4) is 0 Å². The first-order valence-electron chi connectivity index (χ1n) is 8.13. The van der Waals surface area contributed by atoms with Crippen molar-refractivity contribution in [2.45, 2.75) is 6.42 Å². The number of hydrogen-bond donors (Lipinski definition) is 1. The molecule has 6 nitrogen and oxygen atoms in total. The molecule has 1 aromatic rings. The fourth-order valence-corrected chi connectivity index (χ4v) is 2.99. The summed E-state index contributed by atoms with van der Waals surface area (Å²) in [6.07, 6.45) is 2.78. The first kappa shape index (κ1) is 21.0. The van der Waals surface area contributed by atoms with Gasteiger partial charge in [0.05, 0.1) is 0 Å². The number of carbonyl (C=O) groups is 1. The van der Waals surface area contributed by atoms with E-state index < -0.39 is 0 Å². The maximum atomic E-state index is 12.7. The molecule has 0 saturated carbocycles. The van der Waals surface area contributed by atoms with E-state index >= 15 is 0 Å². The largest absolute Gasteiger partial charge is 0.354 e. The molecule has 3 rings (SSSR count). The summed E-state index contributed by atoms with van der Waals surface area (Å²) in [4.78, 5) is 23.7. The lowest BCUT2D eigenvalue weighted by molar-refractivity contribution is 0.0766.